The van der Waals surface area contributed by atoms with E-state index < -0.39 is 0 Å². The quantitative estimate of drug-likeness (QED) is 0.691. The zero-order valence-electron chi connectivity index (χ0n) is 16.1. The Morgan fingerprint density at radius 3 is 2.27 bits per heavy atom. The molecule has 0 radical (unpaired) electrons. The third-order valence-corrected chi connectivity index (χ3v) is 8.64. The molecule has 146 valence electrons. The van der Waals surface area contributed by atoms with Crippen molar-refractivity contribution in [3.63, 3.8) is 0 Å². The molecule has 0 aromatic rings. The average Bonchev–Trinajstić information content (AvgIpc) is 3.17. The summed E-state index contributed by atoms with van der Waals surface area (Å²) in [6.45, 7) is 2.67. The van der Waals surface area contributed by atoms with Crippen molar-refractivity contribution in [1.29, 1.82) is 0 Å². The number of amides is 1. The van der Waals surface area contributed by atoms with Crippen LogP contribution in [-0.2, 0) is 9.47 Å². The second-order valence-corrected chi connectivity index (χ2v) is 9.68. The van der Waals surface area contributed by atoms with Crippen LogP contribution < -0.4 is 0 Å². The Bertz CT molecular complexity index is 518. The molecule has 1 amide bonds. The standard InChI is InChI=1S/C22H35NO3/c24-22(23-10-12-25-13-11-23)26-17-6-9-19-16(14-17)5-8-20-18-3-1-2-15(18)4-7-21(19)20/h15-21H,1-14H2. The van der Waals surface area contributed by atoms with Gasteiger partial charge >= 0.3 is 6.09 Å². The summed E-state index contributed by atoms with van der Waals surface area (Å²) < 4.78 is 11.3. The number of ether oxygens (including phenoxy) is 2. The Balaban J connectivity index is 1.18. The molecular weight excluding hydrogens is 326 g/mol. The van der Waals surface area contributed by atoms with Crippen LogP contribution in [0.1, 0.15) is 64.2 Å². The normalized spacial score (nSPS) is 45.4. The molecule has 26 heavy (non-hydrogen) atoms. The number of morpholine rings is 1. The summed E-state index contributed by atoms with van der Waals surface area (Å²) in [6, 6.07) is 0. The van der Waals surface area contributed by atoms with Crippen LogP contribution in [0, 0.1) is 35.5 Å². The lowest BCUT2D eigenvalue weighted by Gasteiger charge is -2.52. The highest BCUT2D eigenvalue weighted by Crippen LogP contribution is 2.57. The lowest BCUT2D eigenvalue weighted by Crippen LogP contribution is -2.47. The Morgan fingerprint density at radius 2 is 1.46 bits per heavy atom. The van der Waals surface area contributed by atoms with Crippen molar-refractivity contribution < 1.29 is 14.3 Å². The van der Waals surface area contributed by atoms with E-state index in [1.165, 1.54) is 51.4 Å². The van der Waals surface area contributed by atoms with Gasteiger partial charge in [-0.05, 0) is 86.9 Å². The highest BCUT2D eigenvalue weighted by molar-refractivity contribution is 5.67. The molecule has 0 aromatic carbocycles. The number of nitrogens with zero attached hydrogens (tertiary/aromatic N) is 1. The van der Waals surface area contributed by atoms with Gasteiger partial charge in [0.2, 0.25) is 0 Å². The molecule has 1 heterocycles. The van der Waals surface area contributed by atoms with Crippen molar-refractivity contribution in [2.24, 2.45) is 35.5 Å². The van der Waals surface area contributed by atoms with Crippen LogP contribution in [0.15, 0.2) is 0 Å². The van der Waals surface area contributed by atoms with Gasteiger partial charge in [0.05, 0.1) is 13.2 Å². The molecule has 0 aromatic heterocycles. The van der Waals surface area contributed by atoms with Crippen LogP contribution in [0.5, 0.6) is 0 Å². The van der Waals surface area contributed by atoms with Crippen molar-refractivity contribution in [2.45, 2.75) is 70.3 Å². The molecule has 0 bridgehead atoms. The van der Waals surface area contributed by atoms with Crippen LogP contribution in [0.4, 0.5) is 4.79 Å². The van der Waals surface area contributed by atoms with Gasteiger partial charge in [0.15, 0.2) is 0 Å². The van der Waals surface area contributed by atoms with Gasteiger partial charge in [0.25, 0.3) is 0 Å². The van der Waals surface area contributed by atoms with E-state index in [0.717, 1.165) is 48.3 Å². The summed E-state index contributed by atoms with van der Waals surface area (Å²) in [4.78, 5) is 14.3. The molecule has 0 N–H and O–H groups in total. The van der Waals surface area contributed by atoms with E-state index in [2.05, 4.69) is 0 Å². The highest BCUT2D eigenvalue weighted by atomic mass is 16.6. The van der Waals surface area contributed by atoms with Crippen LogP contribution in [0.2, 0.25) is 0 Å². The first kappa shape index (κ1) is 17.3. The lowest BCUT2D eigenvalue weighted by molar-refractivity contribution is -0.0563. The third-order valence-electron chi connectivity index (χ3n) is 8.64. The second kappa shape index (κ2) is 7.33. The monoisotopic (exact) mass is 361 g/mol. The Hall–Kier alpha value is -0.770. The summed E-state index contributed by atoms with van der Waals surface area (Å²) in [5.41, 5.74) is 0. The minimum atomic E-state index is -0.100. The largest absolute Gasteiger partial charge is 0.446 e. The predicted octanol–water partition coefficient (Wildman–Crippen LogP) is 4.48. The van der Waals surface area contributed by atoms with Gasteiger partial charge in [0.1, 0.15) is 6.10 Å². The van der Waals surface area contributed by atoms with Crippen molar-refractivity contribution in [1.82, 2.24) is 4.90 Å². The molecule has 7 atom stereocenters. The second-order valence-electron chi connectivity index (χ2n) is 9.68. The van der Waals surface area contributed by atoms with Gasteiger partial charge in [0, 0.05) is 13.1 Å². The third kappa shape index (κ3) is 3.16. The van der Waals surface area contributed by atoms with Crippen molar-refractivity contribution in [2.75, 3.05) is 26.3 Å². The van der Waals surface area contributed by atoms with Gasteiger partial charge in [-0.15, -0.1) is 0 Å². The molecule has 1 saturated heterocycles. The maximum atomic E-state index is 12.4. The Kier molecular flexibility index (Phi) is 4.89. The van der Waals surface area contributed by atoms with E-state index in [9.17, 15) is 4.79 Å². The highest BCUT2D eigenvalue weighted by Gasteiger charge is 2.49. The van der Waals surface area contributed by atoms with Gasteiger partial charge in [-0.3, -0.25) is 0 Å². The van der Waals surface area contributed by atoms with Gasteiger partial charge in [-0.1, -0.05) is 12.8 Å². The minimum absolute atomic E-state index is 0.100. The maximum Gasteiger partial charge on any atom is 0.410 e. The number of fused-ring (bicyclic) bond motifs is 5. The van der Waals surface area contributed by atoms with Crippen LogP contribution >= 0.6 is 0 Å². The lowest BCUT2D eigenvalue weighted by atomic mass is 9.53. The topological polar surface area (TPSA) is 38.8 Å². The molecule has 4 saturated carbocycles. The van der Waals surface area contributed by atoms with Crippen LogP contribution in [-0.4, -0.2) is 43.4 Å². The summed E-state index contributed by atoms with van der Waals surface area (Å²) in [7, 11) is 0. The van der Waals surface area contributed by atoms with Gasteiger partial charge in [-0.2, -0.15) is 0 Å². The fourth-order valence-electron chi connectivity index (χ4n) is 7.50. The summed E-state index contributed by atoms with van der Waals surface area (Å²) in [5.74, 6) is 5.89. The Labute approximate surface area is 158 Å². The van der Waals surface area contributed by atoms with E-state index in [1.807, 2.05) is 4.90 Å². The molecule has 4 heteroatoms. The number of hydrogen-bond donors (Lipinski definition) is 0. The molecule has 0 spiro atoms. The summed E-state index contributed by atoms with van der Waals surface area (Å²) >= 11 is 0. The molecule has 1 aliphatic heterocycles. The zero-order chi connectivity index (χ0) is 17.5. The number of carbonyl (C=O) groups excluding carboxylic acids is 1. The van der Waals surface area contributed by atoms with E-state index in [0.29, 0.717) is 26.3 Å². The van der Waals surface area contributed by atoms with E-state index in [1.54, 1.807) is 0 Å². The SMILES string of the molecule is O=C(OC1CCC2C(CCC3C4CCCC4CCC23)C1)N1CCOCC1. The molecule has 5 aliphatic rings. The van der Waals surface area contributed by atoms with Crippen molar-refractivity contribution >= 4 is 6.09 Å². The molecular formula is C22H35NO3. The molecule has 5 fully saturated rings. The minimum Gasteiger partial charge on any atom is -0.446 e. The van der Waals surface area contributed by atoms with Gasteiger partial charge < -0.3 is 14.4 Å². The first-order valence-corrected chi connectivity index (χ1v) is 11.3. The van der Waals surface area contributed by atoms with Crippen LogP contribution in [0.25, 0.3) is 0 Å². The summed E-state index contributed by atoms with van der Waals surface area (Å²) in [6.07, 6.45) is 13.9. The Morgan fingerprint density at radius 1 is 0.769 bits per heavy atom. The predicted molar refractivity (Wildman–Crippen MR) is 99.8 cm³/mol. The summed E-state index contributed by atoms with van der Waals surface area (Å²) in [5, 5.41) is 0. The van der Waals surface area contributed by atoms with Crippen molar-refractivity contribution in [3.8, 4) is 0 Å². The van der Waals surface area contributed by atoms with Crippen molar-refractivity contribution in [3.05, 3.63) is 0 Å². The van der Waals surface area contributed by atoms with Crippen LogP contribution in [0.3, 0.4) is 0 Å². The van der Waals surface area contributed by atoms with E-state index >= 15 is 0 Å². The fraction of sp³-hybridized carbons (Fsp3) is 0.955. The molecule has 5 rings (SSSR count). The molecule has 4 nitrogen and oxygen atoms in total. The molecule has 4 aliphatic carbocycles. The van der Waals surface area contributed by atoms with E-state index in [-0.39, 0.29) is 12.2 Å². The van der Waals surface area contributed by atoms with Gasteiger partial charge in [-0.25, -0.2) is 4.79 Å². The fourth-order valence-corrected chi connectivity index (χ4v) is 7.50. The smallest absolute Gasteiger partial charge is 0.410 e. The zero-order valence-corrected chi connectivity index (χ0v) is 16.1. The first-order chi connectivity index (χ1) is 12.8. The first-order valence-electron chi connectivity index (χ1n) is 11.3. The number of carbonyl (C=O) groups is 1. The van der Waals surface area contributed by atoms with E-state index in [4.69, 9.17) is 9.47 Å². The number of rotatable bonds is 1. The maximum absolute atomic E-state index is 12.4. The molecule has 7 unspecified atom stereocenters. The average molecular weight is 362 g/mol. The number of hydrogen-bond acceptors (Lipinski definition) is 3.